The van der Waals surface area contributed by atoms with E-state index in [0.29, 0.717) is 6.04 Å². The molecule has 4 nitrogen and oxygen atoms in total. The minimum atomic E-state index is 0.495. The van der Waals surface area contributed by atoms with E-state index < -0.39 is 0 Å². The summed E-state index contributed by atoms with van der Waals surface area (Å²) < 4.78 is 10.6. The molecule has 0 unspecified atom stereocenters. The second kappa shape index (κ2) is 9.75. The number of benzene rings is 1. The van der Waals surface area contributed by atoms with Gasteiger partial charge in [0.2, 0.25) is 0 Å². The highest BCUT2D eigenvalue weighted by Gasteiger charge is 2.09. The van der Waals surface area contributed by atoms with E-state index in [1.165, 1.54) is 5.56 Å². The fourth-order valence-corrected chi connectivity index (χ4v) is 1.97. The lowest BCUT2D eigenvalue weighted by Crippen LogP contribution is -2.33. The number of rotatable bonds is 10. The lowest BCUT2D eigenvalue weighted by Gasteiger charge is -2.26. The zero-order chi connectivity index (χ0) is 14.8. The van der Waals surface area contributed by atoms with Gasteiger partial charge in [-0.3, -0.25) is 4.90 Å². The lowest BCUT2D eigenvalue weighted by molar-refractivity contribution is 0.0739. The number of methoxy groups -OCH3 is 1. The Kier molecular flexibility index (Phi) is 8.26. The second-order valence-corrected chi connectivity index (χ2v) is 5.26. The first-order valence-corrected chi connectivity index (χ1v) is 7.28. The van der Waals surface area contributed by atoms with Crippen LogP contribution in [0.15, 0.2) is 24.3 Å². The monoisotopic (exact) mass is 280 g/mol. The zero-order valence-corrected chi connectivity index (χ0v) is 13.0. The van der Waals surface area contributed by atoms with Gasteiger partial charge >= 0.3 is 0 Å². The van der Waals surface area contributed by atoms with Crippen LogP contribution in [0.2, 0.25) is 0 Å². The summed E-state index contributed by atoms with van der Waals surface area (Å²) in [6.45, 7) is 8.58. The Balaban J connectivity index is 2.31. The van der Waals surface area contributed by atoms with Gasteiger partial charge in [0, 0.05) is 45.1 Å². The first-order chi connectivity index (χ1) is 9.63. The standard InChI is InChI=1S/C16H28N2O2/c1-14(2)18(9-12-20-11-4-10-19-3)13-15-5-7-16(17)8-6-15/h5-8,14H,4,9-13,17H2,1-3H3. The molecule has 0 aliphatic heterocycles. The summed E-state index contributed by atoms with van der Waals surface area (Å²) in [6.07, 6.45) is 0.955. The van der Waals surface area contributed by atoms with E-state index in [1.807, 2.05) is 12.1 Å². The van der Waals surface area contributed by atoms with Crippen molar-refractivity contribution in [1.29, 1.82) is 0 Å². The molecule has 1 aromatic rings. The van der Waals surface area contributed by atoms with Crippen LogP contribution in [-0.2, 0) is 16.0 Å². The van der Waals surface area contributed by atoms with Crippen LogP contribution in [0.1, 0.15) is 25.8 Å². The SMILES string of the molecule is COCCCOCCN(Cc1ccc(N)cc1)C(C)C. The normalized spacial score (nSPS) is 11.4. The maximum Gasteiger partial charge on any atom is 0.0593 e. The fourth-order valence-electron chi connectivity index (χ4n) is 1.97. The molecule has 2 N–H and O–H groups in total. The van der Waals surface area contributed by atoms with Gasteiger partial charge in [-0.1, -0.05) is 12.1 Å². The first kappa shape index (κ1) is 17.0. The molecule has 0 spiro atoms. The van der Waals surface area contributed by atoms with Crippen molar-refractivity contribution in [2.24, 2.45) is 0 Å². The summed E-state index contributed by atoms with van der Waals surface area (Å²) in [5.74, 6) is 0. The van der Waals surface area contributed by atoms with Crippen molar-refractivity contribution in [2.45, 2.75) is 32.9 Å². The highest BCUT2D eigenvalue weighted by molar-refractivity contribution is 5.39. The van der Waals surface area contributed by atoms with Crippen molar-refractivity contribution in [2.75, 3.05) is 39.2 Å². The molecule has 0 amide bonds. The van der Waals surface area contributed by atoms with Crippen LogP contribution in [0.3, 0.4) is 0 Å². The maximum absolute atomic E-state index is 5.71. The molecule has 0 radical (unpaired) electrons. The molecule has 0 fully saturated rings. The molecule has 20 heavy (non-hydrogen) atoms. The summed E-state index contributed by atoms with van der Waals surface area (Å²) in [4.78, 5) is 2.40. The van der Waals surface area contributed by atoms with Gasteiger partial charge in [0.05, 0.1) is 6.61 Å². The van der Waals surface area contributed by atoms with E-state index in [-0.39, 0.29) is 0 Å². The number of nitrogens with zero attached hydrogens (tertiary/aromatic N) is 1. The largest absolute Gasteiger partial charge is 0.399 e. The van der Waals surface area contributed by atoms with Gasteiger partial charge in [0.25, 0.3) is 0 Å². The van der Waals surface area contributed by atoms with Crippen LogP contribution in [0, 0.1) is 0 Å². The number of nitrogen functional groups attached to an aromatic ring is 1. The van der Waals surface area contributed by atoms with Crippen molar-refractivity contribution in [1.82, 2.24) is 4.90 Å². The molecule has 0 saturated carbocycles. The van der Waals surface area contributed by atoms with Gasteiger partial charge in [-0.2, -0.15) is 0 Å². The topological polar surface area (TPSA) is 47.7 Å². The Morgan fingerprint density at radius 3 is 2.40 bits per heavy atom. The lowest BCUT2D eigenvalue weighted by atomic mass is 10.1. The summed E-state index contributed by atoms with van der Waals surface area (Å²) in [6, 6.07) is 8.58. The Hall–Kier alpha value is -1.10. The third-order valence-corrected chi connectivity index (χ3v) is 3.26. The molecule has 0 bridgehead atoms. The zero-order valence-electron chi connectivity index (χ0n) is 13.0. The number of ether oxygens (including phenoxy) is 2. The van der Waals surface area contributed by atoms with Gasteiger partial charge in [-0.05, 0) is 38.0 Å². The van der Waals surface area contributed by atoms with Crippen LogP contribution in [0.4, 0.5) is 5.69 Å². The van der Waals surface area contributed by atoms with E-state index in [1.54, 1.807) is 7.11 Å². The van der Waals surface area contributed by atoms with Gasteiger partial charge in [-0.15, -0.1) is 0 Å². The Morgan fingerprint density at radius 1 is 1.10 bits per heavy atom. The predicted molar refractivity (Wildman–Crippen MR) is 83.7 cm³/mol. The van der Waals surface area contributed by atoms with Crippen LogP contribution >= 0.6 is 0 Å². The van der Waals surface area contributed by atoms with Crippen LogP contribution in [0.25, 0.3) is 0 Å². The molecule has 0 aromatic heterocycles. The molecular formula is C16H28N2O2. The highest BCUT2D eigenvalue weighted by Crippen LogP contribution is 2.10. The molecule has 0 saturated heterocycles. The third kappa shape index (κ3) is 6.89. The maximum atomic E-state index is 5.71. The molecule has 0 aliphatic rings. The van der Waals surface area contributed by atoms with Crippen molar-refractivity contribution in [3.63, 3.8) is 0 Å². The average Bonchev–Trinajstić information content (AvgIpc) is 2.43. The molecule has 1 aromatic carbocycles. The summed E-state index contributed by atoms with van der Waals surface area (Å²) in [7, 11) is 1.72. The molecule has 0 atom stereocenters. The minimum absolute atomic E-state index is 0.495. The van der Waals surface area contributed by atoms with E-state index in [9.17, 15) is 0 Å². The van der Waals surface area contributed by atoms with Crippen molar-refractivity contribution in [3.8, 4) is 0 Å². The predicted octanol–water partition coefficient (Wildman–Crippen LogP) is 2.53. The number of hydrogen-bond acceptors (Lipinski definition) is 4. The number of hydrogen-bond donors (Lipinski definition) is 1. The fraction of sp³-hybridized carbons (Fsp3) is 0.625. The van der Waals surface area contributed by atoms with Crippen molar-refractivity contribution in [3.05, 3.63) is 29.8 Å². The van der Waals surface area contributed by atoms with Crippen molar-refractivity contribution < 1.29 is 9.47 Å². The van der Waals surface area contributed by atoms with Gasteiger partial charge in [0.15, 0.2) is 0 Å². The smallest absolute Gasteiger partial charge is 0.0593 e. The summed E-state index contributed by atoms with van der Waals surface area (Å²) in [5.41, 5.74) is 7.81. The number of anilines is 1. The molecule has 0 aliphatic carbocycles. The van der Waals surface area contributed by atoms with E-state index >= 15 is 0 Å². The van der Waals surface area contributed by atoms with Crippen LogP contribution < -0.4 is 5.73 Å². The van der Waals surface area contributed by atoms with Crippen LogP contribution in [-0.4, -0.2) is 44.4 Å². The molecule has 114 valence electrons. The van der Waals surface area contributed by atoms with Crippen molar-refractivity contribution >= 4 is 5.69 Å². The second-order valence-electron chi connectivity index (χ2n) is 5.26. The van der Waals surface area contributed by atoms with E-state index in [2.05, 4.69) is 30.9 Å². The van der Waals surface area contributed by atoms with Gasteiger partial charge in [-0.25, -0.2) is 0 Å². The van der Waals surface area contributed by atoms with E-state index in [4.69, 9.17) is 15.2 Å². The van der Waals surface area contributed by atoms with Gasteiger partial charge < -0.3 is 15.2 Å². The molecule has 1 rings (SSSR count). The minimum Gasteiger partial charge on any atom is -0.399 e. The Labute approximate surface area is 122 Å². The van der Waals surface area contributed by atoms with Crippen LogP contribution in [0.5, 0.6) is 0 Å². The van der Waals surface area contributed by atoms with E-state index in [0.717, 1.165) is 45.0 Å². The first-order valence-electron chi connectivity index (χ1n) is 7.28. The summed E-state index contributed by atoms with van der Waals surface area (Å²) in [5, 5.41) is 0. The summed E-state index contributed by atoms with van der Waals surface area (Å²) >= 11 is 0. The highest BCUT2D eigenvalue weighted by atomic mass is 16.5. The Morgan fingerprint density at radius 2 is 1.80 bits per heavy atom. The van der Waals surface area contributed by atoms with Gasteiger partial charge in [0.1, 0.15) is 0 Å². The number of nitrogens with two attached hydrogens (primary N) is 1. The molecule has 4 heteroatoms. The molecular weight excluding hydrogens is 252 g/mol. The average molecular weight is 280 g/mol. The Bertz CT molecular complexity index is 352. The quantitative estimate of drug-likeness (QED) is 0.528. The third-order valence-electron chi connectivity index (χ3n) is 3.26. The molecule has 0 heterocycles.